The van der Waals surface area contributed by atoms with Crippen molar-refractivity contribution in [3.05, 3.63) is 53.1 Å². The highest BCUT2D eigenvalue weighted by atomic mass is 32.2. The molecule has 2 aromatic carbocycles. The molecular weight excluding hydrogens is 312 g/mol. The van der Waals surface area contributed by atoms with E-state index in [1.165, 1.54) is 6.07 Å². The quantitative estimate of drug-likeness (QED) is 0.908. The van der Waals surface area contributed by atoms with Crippen LogP contribution in [0.5, 0.6) is 0 Å². The van der Waals surface area contributed by atoms with Crippen molar-refractivity contribution in [2.45, 2.75) is 31.6 Å². The average Bonchev–Trinajstić information content (AvgIpc) is 2.51. The summed E-state index contributed by atoms with van der Waals surface area (Å²) >= 11 is 0. The van der Waals surface area contributed by atoms with Crippen molar-refractivity contribution in [1.82, 2.24) is 0 Å². The SMILES string of the molecule is Cc1cccc(NS(=O)(=O)c2ccc3c(c2)CCC(=O)N3)c1C. The number of hydrogen-bond donors (Lipinski definition) is 2. The van der Waals surface area contributed by atoms with Crippen LogP contribution < -0.4 is 10.0 Å². The minimum Gasteiger partial charge on any atom is -0.326 e. The summed E-state index contributed by atoms with van der Waals surface area (Å²) in [5.41, 5.74) is 4.04. The standard InChI is InChI=1S/C17H18N2O3S/c1-11-4-3-5-15(12(11)2)19-23(21,22)14-7-8-16-13(10-14)6-9-17(20)18-16/h3-5,7-8,10,19H,6,9H2,1-2H3,(H,18,20). The molecule has 23 heavy (non-hydrogen) atoms. The fourth-order valence-electron chi connectivity index (χ4n) is 2.59. The number of sulfonamides is 1. The first-order valence-electron chi connectivity index (χ1n) is 7.38. The Morgan fingerprint density at radius 3 is 2.65 bits per heavy atom. The van der Waals surface area contributed by atoms with E-state index in [0.717, 1.165) is 16.7 Å². The summed E-state index contributed by atoms with van der Waals surface area (Å²) in [7, 11) is -3.66. The smallest absolute Gasteiger partial charge is 0.261 e. The zero-order valence-electron chi connectivity index (χ0n) is 13.0. The van der Waals surface area contributed by atoms with Gasteiger partial charge in [0.15, 0.2) is 0 Å². The number of aryl methyl sites for hydroxylation is 2. The van der Waals surface area contributed by atoms with Crippen molar-refractivity contribution in [2.75, 3.05) is 10.0 Å². The molecule has 120 valence electrons. The van der Waals surface area contributed by atoms with Crippen LogP contribution in [0, 0.1) is 13.8 Å². The van der Waals surface area contributed by atoms with Gasteiger partial charge < -0.3 is 5.32 Å². The molecule has 3 rings (SSSR count). The molecule has 1 aliphatic heterocycles. The number of anilines is 2. The summed E-state index contributed by atoms with van der Waals surface area (Å²) in [6.45, 7) is 3.82. The van der Waals surface area contributed by atoms with Gasteiger partial charge in [-0.05, 0) is 61.2 Å². The Balaban J connectivity index is 1.94. The largest absolute Gasteiger partial charge is 0.326 e. The van der Waals surface area contributed by atoms with Gasteiger partial charge in [-0.1, -0.05) is 12.1 Å². The van der Waals surface area contributed by atoms with Crippen molar-refractivity contribution < 1.29 is 13.2 Å². The Kier molecular flexibility index (Phi) is 3.85. The van der Waals surface area contributed by atoms with E-state index in [0.29, 0.717) is 24.2 Å². The highest BCUT2D eigenvalue weighted by molar-refractivity contribution is 7.92. The predicted octanol–water partition coefficient (Wildman–Crippen LogP) is 2.99. The summed E-state index contributed by atoms with van der Waals surface area (Å²) in [6, 6.07) is 10.3. The first-order chi connectivity index (χ1) is 10.9. The van der Waals surface area contributed by atoms with Crippen LogP contribution in [0.1, 0.15) is 23.1 Å². The van der Waals surface area contributed by atoms with Gasteiger partial charge in [0.2, 0.25) is 5.91 Å². The van der Waals surface area contributed by atoms with Gasteiger partial charge in [0.25, 0.3) is 10.0 Å². The number of hydrogen-bond acceptors (Lipinski definition) is 3. The first kappa shape index (κ1) is 15.6. The molecule has 2 aromatic rings. The first-order valence-corrected chi connectivity index (χ1v) is 8.87. The summed E-state index contributed by atoms with van der Waals surface area (Å²) in [4.78, 5) is 11.6. The minimum absolute atomic E-state index is 0.0402. The fraction of sp³-hybridized carbons (Fsp3) is 0.235. The Bertz CT molecular complexity index is 889. The van der Waals surface area contributed by atoms with E-state index >= 15 is 0 Å². The molecule has 1 aliphatic rings. The number of amides is 1. The van der Waals surface area contributed by atoms with Crippen molar-refractivity contribution >= 4 is 27.3 Å². The van der Waals surface area contributed by atoms with Crippen LogP contribution in [-0.2, 0) is 21.2 Å². The Morgan fingerprint density at radius 1 is 1.09 bits per heavy atom. The molecule has 5 nitrogen and oxygen atoms in total. The van der Waals surface area contributed by atoms with Gasteiger partial charge in [-0.3, -0.25) is 9.52 Å². The number of rotatable bonds is 3. The van der Waals surface area contributed by atoms with Gasteiger partial charge in [-0.2, -0.15) is 0 Å². The van der Waals surface area contributed by atoms with Crippen LogP contribution in [-0.4, -0.2) is 14.3 Å². The maximum atomic E-state index is 12.6. The molecule has 0 saturated carbocycles. The van der Waals surface area contributed by atoms with Crippen molar-refractivity contribution in [3.8, 4) is 0 Å². The second kappa shape index (κ2) is 5.70. The molecule has 1 amide bonds. The van der Waals surface area contributed by atoms with E-state index in [9.17, 15) is 13.2 Å². The van der Waals surface area contributed by atoms with Crippen molar-refractivity contribution in [3.63, 3.8) is 0 Å². The van der Waals surface area contributed by atoms with Gasteiger partial charge in [0, 0.05) is 12.1 Å². The Morgan fingerprint density at radius 2 is 1.87 bits per heavy atom. The molecule has 0 aromatic heterocycles. The summed E-state index contributed by atoms with van der Waals surface area (Å²) < 4.78 is 27.9. The van der Waals surface area contributed by atoms with Crippen LogP contribution in [0.2, 0.25) is 0 Å². The maximum absolute atomic E-state index is 12.6. The van der Waals surface area contributed by atoms with Gasteiger partial charge in [-0.15, -0.1) is 0 Å². The molecule has 0 radical (unpaired) electrons. The number of benzene rings is 2. The molecule has 0 aliphatic carbocycles. The summed E-state index contributed by atoms with van der Waals surface area (Å²) in [5, 5.41) is 2.75. The maximum Gasteiger partial charge on any atom is 0.261 e. The topological polar surface area (TPSA) is 75.3 Å². The lowest BCUT2D eigenvalue weighted by Gasteiger charge is -2.18. The van der Waals surface area contributed by atoms with Crippen LogP contribution in [0.25, 0.3) is 0 Å². The van der Waals surface area contributed by atoms with Crippen molar-refractivity contribution in [2.24, 2.45) is 0 Å². The van der Waals surface area contributed by atoms with Gasteiger partial charge in [-0.25, -0.2) is 8.42 Å². The van der Waals surface area contributed by atoms with Crippen molar-refractivity contribution in [1.29, 1.82) is 0 Å². The number of nitrogens with one attached hydrogen (secondary N) is 2. The van der Waals surface area contributed by atoms with Gasteiger partial charge in [0.05, 0.1) is 10.6 Å². The summed E-state index contributed by atoms with van der Waals surface area (Å²) in [6.07, 6.45) is 0.926. The third-order valence-electron chi connectivity index (χ3n) is 4.13. The molecule has 1 heterocycles. The van der Waals surface area contributed by atoms with Gasteiger partial charge in [0.1, 0.15) is 0 Å². The second-order valence-electron chi connectivity index (χ2n) is 5.72. The highest BCUT2D eigenvalue weighted by Crippen LogP contribution is 2.27. The van der Waals surface area contributed by atoms with Crippen LogP contribution in [0.4, 0.5) is 11.4 Å². The van der Waals surface area contributed by atoms with E-state index in [4.69, 9.17) is 0 Å². The van der Waals surface area contributed by atoms with E-state index < -0.39 is 10.0 Å². The lowest BCUT2D eigenvalue weighted by Crippen LogP contribution is -2.20. The molecule has 0 bridgehead atoms. The Hall–Kier alpha value is -2.34. The fourth-order valence-corrected chi connectivity index (χ4v) is 3.77. The molecule has 6 heteroatoms. The molecule has 0 unspecified atom stereocenters. The van der Waals surface area contributed by atoms with E-state index in [2.05, 4.69) is 10.0 Å². The molecule has 2 N–H and O–H groups in total. The summed E-state index contributed by atoms with van der Waals surface area (Å²) in [5.74, 6) is -0.0402. The third-order valence-corrected chi connectivity index (χ3v) is 5.49. The molecule has 0 saturated heterocycles. The normalized spacial score (nSPS) is 14.1. The molecule has 0 fully saturated rings. The van der Waals surface area contributed by atoms with E-state index in [1.54, 1.807) is 18.2 Å². The third kappa shape index (κ3) is 3.07. The molecule has 0 atom stereocenters. The van der Waals surface area contributed by atoms with E-state index in [-0.39, 0.29) is 10.8 Å². The lowest BCUT2D eigenvalue weighted by molar-refractivity contribution is -0.116. The highest BCUT2D eigenvalue weighted by Gasteiger charge is 2.20. The average molecular weight is 330 g/mol. The minimum atomic E-state index is -3.66. The monoisotopic (exact) mass is 330 g/mol. The number of carbonyl (C=O) groups excluding carboxylic acids is 1. The zero-order chi connectivity index (χ0) is 16.6. The predicted molar refractivity (Wildman–Crippen MR) is 90.1 cm³/mol. The second-order valence-corrected chi connectivity index (χ2v) is 7.40. The zero-order valence-corrected chi connectivity index (χ0v) is 13.8. The molecule has 0 spiro atoms. The lowest BCUT2D eigenvalue weighted by atomic mass is 10.0. The Labute approximate surface area is 135 Å². The van der Waals surface area contributed by atoms with Crippen LogP contribution in [0.15, 0.2) is 41.3 Å². The molecular formula is C17H18N2O3S. The van der Waals surface area contributed by atoms with Crippen LogP contribution in [0.3, 0.4) is 0 Å². The number of fused-ring (bicyclic) bond motifs is 1. The number of carbonyl (C=O) groups is 1. The van der Waals surface area contributed by atoms with Gasteiger partial charge >= 0.3 is 0 Å². The van der Waals surface area contributed by atoms with Crippen LogP contribution >= 0.6 is 0 Å². The van der Waals surface area contributed by atoms with E-state index in [1.807, 2.05) is 26.0 Å².